The molecule has 0 aliphatic rings. The topological polar surface area (TPSA) is 48.1 Å². The number of anilines is 1. The van der Waals surface area contributed by atoms with Crippen molar-refractivity contribution < 1.29 is 4.74 Å². The Balaban J connectivity index is 2.20. The van der Waals surface area contributed by atoms with Gasteiger partial charge in [0, 0.05) is 16.0 Å². The van der Waals surface area contributed by atoms with E-state index in [-0.39, 0.29) is 0 Å². The highest BCUT2D eigenvalue weighted by molar-refractivity contribution is 7.99. The number of ether oxygens (including phenoxy) is 1. The molecule has 1 heterocycles. The molecule has 2 aromatic rings. The van der Waals surface area contributed by atoms with Crippen molar-refractivity contribution in [2.24, 2.45) is 0 Å². The average Bonchev–Trinajstić information content (AvgIpc) is 2.29. The van der Waals surface area contributed by atoms with Gasteiger partial charge in [0.2, 0.25) is 0 Å². The van der Waals surface area contributed by atoms with Crippen LogP contribution >= 0.6 is 11.8 Å². The van der Waals surface area contributed by atoms with E-state index in [1.54, 1.807) is 25.1 Å². The van der Waals surface area contributed by atoms with Gasteiger partial charge < -0.3 is 10.5 Å². The summed E-state index contributed by atoms with van der Waals surface area (Å²) >= 11 is 1.63. The van der Waals surface area contributed by atoms with E-state index in [2.05, 4.69) is 4.98 Å². The van der Waals surface area contributed by atoms with Crippen LogP contribution in [0.1, 0.15) is 0 Å². The predicted molar refractivity (Wildman–Crippen MR) is 65.8 cm³/mol. The quantitative estimate of drug-likeness (QED) is 0.884. The molecule has 0 amide bonds. The van der Waals surface area contributed by atoms with Gasteiger partial charge in [-0.2, -0.15) is 0 Å². The molecule has 2 N–H and O–H groups in total. The van der Waals surface area contributed by atoms with Crippen molar-refractivity contribution in [2.45, 2.75) is 9.79 Å². The molecule has 1 aromatic carbocycles. The molecule has 0 radical (unpaired) electrons. The third-order valence-electron chi connectivity index (χ3n) is 2.03. The van der Waals surface area contributed by atoms with Crippen molar-refractivity contribution in [1.82, 2.24) is 4.98 Å². The summed E-state index contributed by atoms with van der Waals surface area (Å²) in [5.74, 6) is 1.39. The Morgan fingerprint density at radius 3 is 2.75 bits per heavy atom. The van der Waals surface area contributed by atoms with E-state index in [1.807, 2.05) is 36.4 Å². The lowest BCUT2D eigenvalue weighted by atomic mass is 10.3. The van der Waals surface area contributed by atoms with E-state index in [0.29, 0.717) is 5.82 Å². The Morgan fingerprint density at radius 1 is 1.19 bits per heavy atom. The van der Waals surface area contributed by atoms with E-state index in [0.717, 1.165) is 15.5 Å². The average molecular weight is 232 g/mol. The summed E-state index contributed by atoms with van der Waals surface area (Å²) in [6.07, 6.45) is 1.71. The lowest BCUT2D eigenvalue weighted by Crippen LogP contribution is -1.88. The van der Waals surface area contributed by atoms with Gasteiger partial charge in [0.05, 0.1) is 7.11 Å². The molecule has 0 aliphatic heterocycles. The van der Waals surface area contributed by atoms with E-state index >= 15 is 0 Å². The third kappa shape index (κ3) is 2.67. The van der Waals surface area contributed by atoms with Crippen LogP contribution in [-0.2, 0) is 0 Å². The lowest BCUT2D eigenvalue weighted by Gasteiger charge is -2.04. The Bertz CT molecular complexity index is 488. The van der Waals surface area contributed by atoms with Gasteiger partial charge in [-0.1, -0.05) is 17.8 Å². The van der Waals surface area contributed by atoms with Crippen LogP contribution in [0, 0.1) is 0 Å². The molecule has 4 heteroatoms. The van der Waals surface area contributed by atoms with Crippen molar-refractivity contribution in [1.29, 1.82) is 0 Å². The number of rotatable bonds is 3. The summed E-state index contributed by atoms with van der Waals surface area (Å²) in [7, 11) is 1.66. The minimum Gasteiger partial charge on any atom is -0.497 e. The summed E-state index contributed by atoms with van der Waals surface area (Å²) in [6.45, 7) is 0. The standard InChI is InChI=1S/C12H12N2OS/c1-15-9-3-2-4-10(7-9)16-11-5-6-14-12(13)8-11/h2-8H,1H3,(H2,13,14). The lowest BCUT2D eigenvalue weighted by molar-refractivity contribution is 0.413. The number of benzene rings is 1. The van der Waals surface area contributed by atoms with Gasteiger partial charge >= 0.3 is 0 Å². The predicted octanol–water partition coefficient (Wildman–Crippen LogP) is 2.82. The molecular formula is C12H12N2OS. The molecule has 0 saturated carbocycles. The maximum Gasteiger partial charge on any atom is 0.124 e. The van der Waals surface area contributed by atoms with Crippen LogP contribution in [0.5, 0.6) is 5.75 Å². The van der Waals surface area contributed by atoms with Crippen LogP contribution in [0.25, 0.3) is 0 Å². The van der Waals surface area contributed by atoms with Gasteiger partial charge in [-0.05, 0) is 30.3 Å². The first-order valence-electron chi connectivity index (χ1n) is 4.81. The van der Waals surface area contributed by atoms with Crippen molar-refractivity contribution in [2.75, 3.05) is 12.8 Å². The maximum absolute atomic E-state index is 5.62. The number of hydrogen-bond donors (Lipinski definition) is 1. The van der Waals surface area contributed by atoms with Gasteiger partial charge in [0.15, 0.2) is 0 Å². The molecule has 0 fully saturated rings. The van der Waals surface area contributed by atoms with Gasteiger partial charge in [-0.3, -0.25) is 0 Å². The molecule has 0 unspecified atom stereocenters. The molecule has 0 atom stereocenters. The van der Waals surface area contributed by atoms with E-state index in [9.17, 15) is 0 Å². The van der Waals surface area contributed by atoms with Gasteiger partial charge in [-0.15, -0.1) is 0 Å². The number of nitrogens with zero attached hydrogens (tertiary/aromatic N) is 1. The van der Waals surface area contributed by atoms with E-state index in [1.165, 1.54) is 0 Å². The van der Waals surface area contributed by atoms with Crippen LogP contribution in [0.4, 0.5) is 5.82 Å². The highest BCUT2D eigenvalue weighted by Crippen LogP contribution is 2.30. The van der Waals surface area contributed by atoms with Crippen molar-refractivity contribution >= 4 is 17.6 Å². The van der Waals surface area contributed by atoms with Crippen LogP contribution in [-0.4, -0.2) is 12.1 Å². The number of hydrogen-bond acceptors (Lipinski definition) is 4. The van der Waals surface area contributed by atoms with Crippen LogP contribution in [0.15, 0.2) is 52.4 Å². The zero-order chi connectivity index (χ0) is 11.4. The zero-order valence-electron chi connectivity index (χ0n) is 8.88. The summed E-state index contributed by atoms with van der Waals surface area (Å²) in [6, 6.07) is 11.7. The highest BCUT2D eigenvalue weighted by Gasteiger charge is 1.99. The Morgan fingerprint density at radius 2 is 2.00 bits per heavy atom. The number of pyridine rings is 1. The van der Waals surface area contributed by atoms with Crippen LogP contribution < -0.4 is 10.5 Å². The normalized spacial score (nSPS) is 10.1. The highest BCUT2D eigenvalue weighted by atomic mass is 32.2. The molecule has 1 aromatic heterocycles. The number of methoxy groups -OCH3 is 1. The number of aromatic nitrogens is 1. The number of nitrogen functional groups attached to an aromatic ring is 1. The Labute approximate surface area is 98.6 Å². The third-order valence-corrected chi connectivity index (χ3v) is 3.01. The van der Waals surface area contributed by atoms with Gasteiger partial charge in [-0.25, -0.2) is 4.98 Å². The van der Waals surface area contributed by atoms with Crippen LogP contribution in [0.2, 0.25) is 0 Å². The second-order valence-electron chi connectivity index (χ2n) is 3.20. The second kappa shape index (κ2) is 4.90. The molecular weight excluding hydrogens is 220 g/mol. The molecule has 0 saturated heterocycles. The summed E-state index contributed by atoms with van der Waals surface area (Å²) in [4.78, 5) is 6.14. The Kier molecular flexibility index (Phi) is 3.31. The monoisotopic (exact) mass is 232 g/mol. The second-order valence-corrected chi connectivity index (χ2v) is 4.34. The van der Waals surface area contributed by atoms with Crippen molar-refractivity contribution in [3.8, 4) is 5.75 Å². The van der Waals surface area contributed by atoms with Crippen molar-refractivity contribution in [3.05, 3.63) is 42.6 Å². The SMILES string of the molecule is COc1cccc(Sc2ccnc(N)c2)c1. The molecule has 2 rings (SSSR count). The van der Waals surface area contributed by atoms with Gasteiger partial charge in [0.1, 0.15) is 11.6 Å². The summed E-state index contributed by atoms with van der Waals surface area (Å²) < 4.78 is 5.17. The Hall–Kier alpha value is -1.68. The smallest absolute Gasteiger partial charge is 0.124 e. The molecule has 0 aliphatic carbocycles. The molecule has 3 nitrogen and oxygen atoms in total. The largest absolute Gasteiger partial charge is 0.497 e. The fraction of sp³-hybridized carbons (Fsp3) is 0.0833. The number of nitrogens with two attached hydrogens (primary N) is 1. The minimum atomic E-state index is 0.535. The zero-order valence-corrected chi connectivity index (χ0v) is 9.70. The van der Waals surface area contributed by atoms with E-state index < -0.39 is 0 Å². The molecule has 0 bridgehead atoms. The fourth-order valence-electron chi connectivity index (χ4n) is 1.29. The summed E-state index contributed by atoms with van der Waals surface area (Å²) in [5.41, 5.74) is 5.62. The molecule has 16 heavy (non-hydrogen) atoms. The fourth-order valence-corrected chi connectivity index (χ4v) is 2.19. The first-order valence-corrected chi connectivity index (χ1v) is 5.63. The summed E-state index contributed by atoms with van der Waals surface area (Å²) in [5, 5.41) is 0. The first-order chi connectivity index (χ1) is 7.78. The first kappa shape index (κ1) is 10.8. The van der Waals surface area contributed by atoms with Crippen molar-refractivity contribution in [3.63, 3.8) is 0 Å². The molecule has 82 valence electrons. The molecule has 0 spiro atoms. The minimum absolute atomic E-state index is 0.535. The van der Waals surface area contributed by atoms with E-state index in [4.69, 9.17) is 10.5 Å². The van der Waals surface area contributed by atoms with Gasteiger partial charge in [0.25, 0.3) is 0 Å². The maximum atomic E-state index is 5.62. The van der Waals surface area contributed by atoms with Crippen LogP contribution in [0.3, 0.4) is 0 Å².